The normalized spacial score (nSPS) is 10.6. The third-order valence-electron chi connectivity index (χ3n) is 3.41. The van der Waals surface area contributed by atoms with Gasteiger partial charge in [0.05, 0.1) is 0 Å². The van der Waals surface area contributed by atoms with Gasteiger partial charge in [-0.25, -0.2) is 0 Å². The summed E-state index contributed by atoms with van der Waals surface area (Å²) < 4.78 is 0. The van der Waals surface area contributed by atoms with E-state index >= 15 is 0 Å². The zero-order valence-corrected chi connectivity index (χ0v) is 13.6. The van der Waals surface area contributed by atoms with Gasteiger partial charge in [-0.2, -0.15) is 12.6 Å². The summed E-state index contributed by atoms with van der Waals surface area (Å²) in [6.07, 6.45) is 14.4. The van der Waals surface area contributed by atoms with Crippen molar-refractivity contribution < 1.29 is 4.79 Å². The number of nitrogens with one attached hydrogen (secondary N) is 1. The van der Waals surface area contributed by atoms with Crippen LogP contribution in [0.15, 0.2) is 0 Å². The Morgan fingerprint density at radius 3 is 2.00 bits per heavy atom. The van der Waals surface area contributed by atoms with Crippen LogP contribution in [0, 0.1) is 0 Å². The molecule has 1 N–H and O–H groups in total. The van der Waals surface area contributed by atoms with Crippen LogP contribution < -0.4 is 5.32 Å². The number of carbonyl (C=O) groups excluding carboxylic acids is 1. The Morgan fingerprint density at radius 2 is 1.42 bits per heavy atom. The van der Waals surface area contributed by atoms with E-state index in [1.165, 1.54) is 57.8 Å². The number of thiol groups is 1. The van der Waals surface area contributed by atoms with E-state index in [4.69, 9.17) is 0 Å². The van der Waals surface area contributed by atoms with Crippen LogP contribution in [0.2, 0.25) is 0 Å². The molecule has 0 aromatic heterocycles. The second-order valence-corrected chi connectivity index (χ2v) is 5.81. The number of rotatable bonds is 14. The van der Waals surface area contributed by atoms with Crippen molar-refractivity contribution in [1.29, 1.82) is 0 Å². The van der Waals surface area contributed by atoms with E-state index in [1.807, 2.05) is 0 Å². The maximum absolute atomic E-state index is 11.5. The van der Waals surface area contributed by atoms with Crippen LogP contribution >= 0.6 is 12.6 Å². The summed E-state index contributed by atoms with van der Waals surface area (Å²) in [6, 6.07) is 0. The van der Waals surface area contributed by atoms with Gasteiger partial charge in [-0.3, -0.25) is 4.79 Å². The molecule has 0 aromatic carbocycles. The number of amides is 1. The topological polar surface area (TPSA) is 29.1 Å². The minimum absolute atomic E-state index is 0.241. The smallest absolute Gasteiger partial charge is 0.219 e. The molecule has 0 heterocycles. The highest BCUT2D eigenvalue weighted by atomic mass is 32.1. The first-order chi connectivity index (χ1) is 9.31. The maximum Gasteiger partial charge on any atom is 0.219 e. The van der Waals surface area contributed by atoms with Gasteiger partial charge in [0.25, 0.3) is 0 Å². The summed E-state index contributed by atoms with van der Waals surface area (Å²) >= 11 is 4.21. The molecule has 0 fully saturated rings. The van der Waals surface area contributed by atoms with Gasteiger partial charge in [0.15, 0.2) is 0 Å². The molecule has 0 spiro atoms. The van der Waals surface area contributed by atoms with Gasteiger partial charge in [-0.15, -0.1) is 0 Å². The first-order valence-corrected chi connectivity index (χ1v) is 8.82. The van der Waals surface area contributed by atoms with Crippen LogP contribution in [0.1, 0.15) is 84.0 Å². The zero-order valence-electron chi connectivity index (χ0n) is 12.8. The summed E-state index contributed by atoms with van der Waals surface area (Å²) in [7, 11) is 0. The first kappa shape index (κ1) is 18.8. The van der Waals surface area contributed by atoms with Crippen LogP contribution in [0.25, 0.3) is 0 Å². The van der Waals surface area contributed by atoms with Gasteiger partial charge in [-0.1, -0.05) is 58.3 Å². The van der Waals surface area contributed by atoms with Gasteiger partial charge < -0.3 is 5.32 Å². The van der Waals surface area contributed by atoms with E-state index in [0.29, 0.717) is 6.42 Å². The molecule has 114 valence electrons. The molecule has 0 saturated carbocycles. The number of hydrogen-bond acceptors (Lipinski definition) is 2. The molecule has 19 heavy (non-hydrogen) atoms. The van der Waals surface area contributed by atoms with E-state index in [2.05, 4.69) is 24.9 Å². The van der Waals surface area contributed by atoms with Crippen LogP contribution in [0.5, 0.6) is 0 Å². The molecule has 0 aliphatic heterocycles. The Bertz CT molecular complexity index is 197. The quantitative estimate of drug-likeness (QED) is 0.351. The lowest BCUT2D eigenvalue weighted by molar-refractivity contribution is -0.121. The van der Waals surface area contributed by atoms with Crippen LogP contribution in [0.3, 0.4) is 0 Å². The molecule has 0 unspecified atom stereocenters. The summed E-state index contributed by atoms with van der Waals surface area (Å²) in [5.74, 6) is 1.26. The molecule has 0 aliphatic carbocycles. The SMILES string of the molecule is CCCCCNC(=O)CCCCCCCCCCS. The molecule has 0 atom stereocenters. The molecule has 0 rings (SSSR count). The lowest BCUT2D eigenvalue weighted by atomic mass is 10.1. The van der Waals surface area contributed by atoms with E-state index in [-0.39, 0.29) is 5.91 Å². The number of hydrogen-bond donors (Lipinski definition) is 2. The fraction of sp³-hybridized carbons (Fsp3) is 0.938. The highest BCUT2D eigenvalue weighted by molar-refractivity contribution is 7.80. The molecule has 0 saturated heterocycles. The summed E-state index contributed by atoms with van der Waals surface area (Å²) in [5.41, 5.74) is 0. The predicted molar refractivity (Wildman–Crippen MR) is 87.9 cm³/mol. The predicted octanol–water partition coefficient (Wildman–Crippen LogP) is 4.73. The van der Waals surface area contributed by atoms with Crippen molar-refractivity contribution >= 4 is 18.5 Å². The lowest BCUT2D eigenvalue weighted by Crippen LogP contribution is -2.23. The molecular formula is C16H33NOS. The minimum Gasteiger partial charge on any atom is -0.356 e. The molecule has 0 bridgehead atoms. The molecule has 2 nitrogen and oxygen atoms in total. The van der Waals surface area contributed by atoms with E-state index in [0.717, 1.165) is 25.1 Å². The fourth-order valence-corrected chi connectivity index (χ4v) is 2.37. The van der Waals surface area contributed by atoms with Crippen molar-refractivity contribution in [3.8, 4) is 0 Å². The van der Waals surface area contributed by atoms with Gasteiger partial charge >= 0.3 is 0 Å². The molecule has 0 aromatic rings. The molecular weight excluding hydrogens is 254 g/mol. The Morgan fingerprint density at radius 1 is 0.842 bits per heavy atom. The minimum atomic E-state index is 0.241. The van der Waals surface area contributed by atoms with Crippen molar-refractivity contribution in [1.82, 2.24) is 5.32 Å². The lowest BCUT2D eigenvalue weighted by Gasteiger charge is -2.04. The average molecular weight is 288 g/mol. The first-order valence-electron chi connectivity index (χ1n) is 8.18. The van der Waals surface area contributed by atoms with E-state index < -0.39 is 0 Å². The summed E-state index contributed by atoms with van der Waals surface area (Å²) in [6.45, 7) is 3.04. The summed E-state index contributed by atoms with van der Waals surface area (Å²) in [5, 5.41) is 3.00. The standard InChI is InChI=1S/C16H33NOS/c1-2-3-11-14-17-16(18)13-10-8-6-4-5-7-9-12-15-19/h19H,2-15H2,1H3,(H,17,18). The van der Waals surface area contributed by atoms with Gasteiger partial charge in [0.1, 0.15) is 0 Å². The monoisotopic (exact) mass is 287 g/mol. The number of carbonyl (C=O) groups is 1. The van der Waals surface area contributed by atoms with E-state index in [9.17, 15) is 4.79 Å². The van der Waals surface area contributed by atoms with Gasteiger partial charge in [0.2, 0.25) is 5.91 Å². The van der Waals surface area contributed by atoms with Crippen LogP contribution in [-0.4, -0.2) is 18.2 Å². The largest absolute Gasteiger partial charge is 0.356 e. The zero-order chi connectivity index (χ0) is 14.2. The third-order valence-corrected chi connectivity index (χ3v) is 3.73. The Hall–Kier alpha value is -0.180. The van der Waals surface area contributed by atoms with Crippen molar-refractivity contribution in [2.45, 2.75) is 84.0 Å². The van der Waals surface area contributed by atoms with Crippen molar-refractivity contribution in [2.75, 3.05) is 12.3 Å². The fourth-order valence-electron chi connectivity index (χ4n) is 2.15. The van der Waals surface area contributed by atoms with Crippen LogP contribution in [-0.2, 0) is 4.79 Å². The highest BCUT2D eigenvalue weighted by Gasteiger charge is 2.00. The third kappa shape index (κ3) is 15.8. The molecule has 3 heteroatoms. The highest BCUT2D eigenvalue weighted by Crippen LogP contribution is 2.09. The average Bonchev–Trinajstić information content (AvgIpc) is 2.42. The molecule has 0 aliphatic rings. The van der Waals surface area contributed by atoms with Crippen molar-refractivity contribution in [2.24, 2.45) is 0 Å². The van der Waals surface area contributed by atoms with Crippen LogP contribution in [0.4, 0.5) is 0 Å². The number of unbranched alkanes of at least 4 members (excludes halogenated alkanes) is 9. The van der Waals surface area contributed by atoms with E-state index in [1.54, 1.807) is 0 Å². The van der Waals surface area contributed by atoms with Gasteiger partial charge in [-0.05, 0) is 25.0 Å². The molecule has 1 amide bonds. The summed E-state index contributed by atoms with van der Waals surface area (Å²) in [4.78, 5) is 11.5. The Balaban J connectivity index is 3.10. The Labute approximate surface area is 125 Å². The maximum atomic E-state index is 11.5. The second-order valence-electron chi connectivity index (χ2n) is 5.36. The molecule has 0 radical (unpaired) electrons. The van der Waals surface area contributed by atoms with Crippen molar-refractivity contribution in [3.63, 3.8) is 0 Å². The second kappa shape index (κ2) is 15.9. The van der Waals surface area contributed by atoms with Crippen molar-refractivity contribution in [3.05, 3.63) is 0 Å². The Kier molecular flexibility index (Phi) is 15.7. The van der Waals surface area contributed by atoms with Gasteiger partial charge in [0, 0.05) is 13.0 Å².